The van der Waals surface area contributed by atoms with Crippen molar-refractivity contribution in [3.63, 3.8) is 0 Å². The van der Waals surface area contributed by atoms with Crippen molar-refractivity contribution < 1.29 is 14.2 Å². The van der Waals surface area contributed by atoms with Crippen LogP contribution in [0.15, 0.2) is 71.1 Å². The summed E-state index contributed by atoms with van der Waals surface area (Å²) in [7, 11) is 1.63. The molecule has 230 valence electrons. The number of rotatable bonds is 7. The number of fused-ring (bicyclic) bond motifs is 3. The van der Waals surface area contributed by atoms with Crippen LogP contribution in [-0.2, 0) is 13.0 Å². The minimum absolute atomic E-state index is 0.241. The van der Waals surface area contributed by atoms with Gasteiger partial charge in [0.05, 0.1) is 41.5 Å². The molecule has 1 aliphatic carbocycles. The van der Waals surface area contributed by atoms with Crippen LogP contribution in [0, 0.1) is 12.7 Å². The van der Waals surface area contributed by atoms with E-state index in [0.29, 0.717) is 35.3 Å². The van der Waals surface area contributed by atoms with Crippen LogP contribution in [-0.4, -0.2) is 58.1 Å². The van der Waals surface area contributed by atoms with Crippen molar-refractivity contribution in [3.8, 4) is 22.8 Å². The fourth-order valence-corrected chi connectivity index (χ4v) is 6.55. The molecule has 2 aromatic carbocycles. The van der Waals surface area contributed by atoms with Gasteiger partial charge in [0.15, 0.2) is 5.65 Å². The molecule has 3 aromatic heterocycles. The second-order valence-corrected chi connectivity index (χ2v) is 11.7. The van der Waals surface area contributed by atoms with Crippen LogP contribution in [0.25, 0.3) is 33.1 Å². The molecule has 1 fully saturated rings. The van der Waals surface area contributed by atoms with E-state index in [-0.39, 0.29) is 11.3 Å². The molecular formula is C35H35FN6O3. The van der Waals surface area contributed by atoms with Gasteiger partial charge in [-0.2, -0.15) is 5.10 Å². The van der Waals surface area contributed by atoms with Crippen LogP contribution in [0.1, 0.15) is 29.8 Å². The number of piperazine rings is 1. The number of hydrogen-bond donors (Lipinski definition) is 3. The lowest BCUT2D eigenvalue weighted by Crippen LogP contribution is -2.44. The number of nitrogens with zero attached hydrogens (tertiary/aromatic N) is 4. The summed E-state index contributed by atoms with van der Waals surface area (Å²) in [6.45, 7) is 5.48. The van der Waals surface area contributed by atoms with Gasteiger partial charge < -0.3 is 25.0 Å². The van der Waals surface area contributed by atoms with E-state index in [1.807, 2.05) is 35.9 Å². The van der Waals surface area contributed by atoms with Crippen molar-refractivity contribution in [3.05, 3.63) is 99.4 Å². The van der Waals surface area contributed by atoms with Crippen LogP contribution in [0.5, 0.6) is 11.5 Å². The third-order valence-electron chi connectivity index (χ3n) is 8.60. The molecule has 0 unspecified atom stereocenters. The molecule has 3 N–H and O–H groups in total. The predicted octanol–water partition coefficient (Wildman–Crippen LogP) is 5.38. The zero-order valence-corrected chi connectivity index (χ0v) is 25.4. The van der Waals surface area contributed by atoms with Gasteiger partial charge in [-0.05, 0) is 55.2 Å². The first-order valence-corrected chi connectivity index (χ1v) is 15.3. The van der Waals surface area contributed by atoms with E-state index in [2.05, 4.69) is 33.4 Å². The quantitative estimate of drug-likeness (QED) is 0.228. The largest absolute Gasteiger partial charge is 0.508 e. The number of pyridine rings is 2. The first kappa shape index (κ1) is 28.8. The Morgan fingerprint density at radius 1 is 1.04 bits per heavy atom. The van der Waals surface area contributed by atoms with Crippen molar-refractivity contribution in [2.75, 3.05) is 38.2 Å². The Balaban J connectivity index is 1.56. The Labute approximate surface area is 259 Å². The molecule has 9 nitrogen and oxygen atoms in total. The second-order valence-electron chi connectivity index (χ2n) is 11.7. The standard InChI is InChI=1S/C35H35FN6O3/c1-21-29-30-31(35(44)38-28(16-22-6-4-3-5-7-22)33(30)41-14-12-37-13-15-41)32(24-17-25(36)19-26(43)18-24)39-34(29)42(40-21)20-23-8-10-27(45-2)11-9-23/h4,6-11,17-19,37,43H,3,5,12-16,20H2,1-2H3,(H,38,44). The van der Waals surface area contributed by atoms with Gasteiger partial charge in [-0.3, -0.25) is 4.79 Å². The predicted molar refractivity (Wildman–Crippen MR) is 175 cm³/mol. The molecule has 1 aliphatic heterocycles. The Hall–Kier alpha value is -4.96. The molecule has 0 saturated carbocycles. The zero-order chi connectivity index (χ0) is 31.1. The first-order valence-electron chi connectivity index (χ1n) is 15.3. The van der Waals surface area contributed by atoms with Crippen molar-refractivity contribution in [1.29, 1.82) is 0 Å². The maximum absolute atomic E-state index is 14.7. The number of aromatic nitrogens is 4. The number of halogens is 1. The molecule has 0 bridgehead atoms. The fraction of sp³-hybridized carbons (Fsp3) is 0.286. The number of ether oxygens (including phenoxy) is 1. The van der Waals surface area contributed by atoms with E-state index in [0.717, 1.165) is 89.8 Å². The van der Waals surface area contributed by atoms with Gasteiger partial charge in [-0.1, -0.05) is 30.4 Å². The van der Waals surface area contributed by atoms with Crippen LogP contribution >= 0.6 is 0 Å². The smallest absolute Gasteiger partial charge is 0.258 e. The molecule has 1 saturated heterocycles. The lowest BCUT2D eigenvalue weighted by atomic mass is 9.96. The van der Waals surface area contributed by atoms with E-state index in [1.165, 1.54) is 12.1 Å². The van der Waals surface area contributed by atoms with Crippen molar-refractivity contribution in [2.24, 2.45) is 0 Å². The molecule has 10 heteroatoms. The highest BCUT2D eigenvalue weighted by atomic mass is 19.1. The van der Waals surface area contributed by atoms with Crippen LogP contribution in [0.4, 0.5) is 10.1 Å². The zero-order valence-electron chi connectivity index (χ0n) is 25.4. The average molecular weight is 607 g/mol. The number of phenols is 1. The number of aromatic hydroxyl groups is 1. The number of methoxy groups -OCH3 is 1. The van der Waals surface area contributed by atoms with Gasteiger partial charge in [0.1, 0.15) is 17.3 Å². The number of H-pyrrole nitrogens is 1. The third-order valence-corrected chi connectivity index (χ3v) is 8.60. The van der Waals surface area contributed by atoms with Crippen molar-refractivity contribution in [2.45, 2.75) is 32.7 Å². The maximum atomic E-state index is 14.7. The third kappa shape index (κ3) is 5.46. The summed E-state index contributed by atoms with van der Waals surface area (Å²) in [6, 6.07) is 11.6. The number of phenolic OH excluding ortho intramolecular Hbond substituents is 1. The Morgan fingerprint density at radius 3 is 2.56 bits per heavy atom. The lowest BCUT2D eigenvalue weighted by Gasteiger charge is -2.32. The van der Waals surface area contributed by atoms with E-state index in [4.69, 9.17) is 14.8 Å². The van der Waals surface area contributed by atoms with E-state index in [1.54, 1.807) is 7.11 Å². The minimum Gasteiger partial charge on any atom is -0.508 e. The molecule has 5 aromatic rings. The van der Waals surface area contributed by atoms with E-state index >= 15 is 0 Å². The number of allylic oxidation sites excluding steroid dienone is 4. The number of anilines is 1. The highest BCUT2D eigenvalue weighted by Gasteiger charge is 2.27. The number of nitrogens with one attached hydrogen (secondary N) is 2. The number of aryl methyl sites for hydroxylation is 1. The van der Waals surface area contributed by atoms with Crippen LogP contribution in [0.2, 0.25) is 0 Å². The molecule has 0 radical (unpaired) electrons. The van der Waals surface area contributed by atoms with Crippen LogP contribution < -0.4 is 20.5 Å². The molecule has 2 aliphatic rings. The van der Waals surface area contributed by atoms with Gasteiger partial charge in [-0.15, -0.1) is 0 Å². The molecule has 45 heavy (non-hydrogen) atoms. The van der Waals surface area contributed by atoms with Gasteiger partial charge in [0.25, 0.3) is 5.56 Å². The minimum atomic E-state index is -0.616. The summed E-state index contributed by atoms with van der Waals surface area (Å²) in [5.74, 6) is -0.100. The Bertz CT molecular complexity index is 2020. The topological polar surface area (TPSA) is 108 Å². The van der Waals surface area contributed by atoms with Crippen molar-refractivity contribution in [1.82, 2.24) is 25.1 Å². The number of hydrogen-bond acceptors (Lipinski definition) is 7. The molecule has 4 heterocycles. The fourth-order valence-electron chi connectivity index (χ4n) is 6.55. The normalized spacial score (nSPS) is 15.2. The summed E-state index contributed by atoms with van der Waals surface area (Å²) >= 11 is 0. The summed E-state index contributed by atoms with van der Waals surface area (Å²) in [5, 5.41) is 20.7. The highest BCUT2D eigenvalue weighted by molar-refractivity contribution is 6.17. The molecular weight excluding hydrogens is 571 g/mol. The van der Waals surface area contributed by atoms with Gasteiger partial charge in [0.2, 0.25) is 0 Å². The van der Waals surface area contributed by atoms with Gasteiger partial charge in [-0.25, -0.2) is 14.1 Å². The summed E-state index contributed by atoms with van der Waals surface area (Å²) in [5.41, 5.74) is 5.55. The second kappa shape index (κ2) is 11.9. The first-order chi connectivity index (χ1) is 21.9. The lowest BCUT2D eigenvalue weighted by molar-refractivity contribution is 0.414. The van der Waals surface area contributed by atoms with E-state index in [9.17, 15) is 14.3 Å². The number of aromatic amines is 1. The maximum Gasteiger partial charge on any atom is 0.258 e. The average Bonchev–Trinajstić information content (AvgIpc) is 3.36. The van der Waals surface area contributed by atoms with Gasteiger partial charge in [0, 0.05) is 55.3 Å². The molecule has 0 amide bonds. The number of benzene rings is 2. The summed E-state index contributed by atoms with van der Waals surface area (Å²) < 4.78 is 21.9. The highest BCUT2D eigenvalue weighted by Crippen LogP contribution is 2.40. The Kier molecular flexibility index (Phi) is 7.58. The molecule has 7 rings (SSSR count). The summed E-state index contributed by atoms with van der Waals surface area (Å²) in [6.07, 6.45) is 9.07. The van der Waals surface area contributed by atoms with E-state index < -0.39 is 5.82 Å². The monoisotopic (exact) mass is 606 g/mol. The molecule has 0 atom stereocenters. The van der Waals surface area contributed by atoms with Crippen LogP contribution in [0.3, 0.4) is 0 Å². The summed E-state index contributed by atoms with van der Waals surface area (Å²) in [4.78, 5) is 24.8. The van der Waals surface area contributed by atoms with Crippen molar-refractivity contribution >= 4 is 27.5 Å². The SMILES string of the molecule is COc1ccc(Cn2nc(C)c3c4c(N5CCNCC5)c(CC5=CCCC=C5)[nH]c(=O)c4c(-c4cc(O)cc(F)c4)nc32)cc1. The Morgan fingerprint density at radius 2 is 1.84 bits per heavy atom. The molecule has 0 spiro atoms. The van der Waals surface area contributed by atoms with Gasteiger partial charge >= 0.3 is 0 Å².